The highest BCUT2D eigenvalue weighted by atomic mass is 32.2. The number of nitrogens with zero attached hydrogens (tertiary/aromatic N) is 3. The topological polar surface area (TPSA) is 119 Å². The van der Waals surface area contributed by atoms with Crippen molar-refractivity contribution in [3.8, 4) is 22.8 Å². The number of aromatic nitrogens is 1. The van der Waals surface area contributed by atoms with Crippen LogP contribution >= 0.6 is 11.8 Å². The number of ether oxygens (including phenoxy) is 1. The van der Waals surface area contributed by atoms with Crippen molar-refractivity contribution in [2.75, 3.05) is 37.7 Å². The molecule has 2 atom stereocenters. The molecule has 2 saturated heterocycles. The van der Waals surface area contributed by atoms with Crippen LogP contribution < -0.4 is 20.7 Å². The van der Waals surface area contributed by atoms with Crippen LogP contribution in [0.1, 0.15) is 61.0 Å². The van der Waals surface area contributed by atoms with Gasteiger partial charge in [-0.05, 0) is 80.0 Å². The average molecular weight is 691 g/mol. The summed E-state index contributed by atoms with van der Waals surface area (Å²) in [5.74, 6) is 1.69. The van der Waals surface area contributed by atoms with Gasteiger partial charge in [-0.15, -0.1) is 0 Å². The van der Waals surface area contributed by atoms with Crippen LogP contribution in [0.15, 0.2) is 54.7 Å². The van der Waals surface area contributed by atoms with E-state index in [0.717, 1.165) is 74.2 Å². The Morgan fingerprint density at radius 2 is 1.67 bits per heavy atom. The Kier molecular flexibility index (Phi) is 11.7. The molecule has 12 heteroatoms. The second-order valence-electron chi connectivity index (χ2n) is 13.7. The Balaban J connectivity index is 1.20. The third kappa shape index (κ3) is 9.72. The van der Waals surface area contributed by atoms with Gasteiger partial charge in [-0.1, -0.05) is 30.3 Å². The van der Waals surface area contributed by atoms with Crippen LogP contribution in [-0.4, -0.2) is 93.7 Å². The zero-order chi connectivity index (χ0) is 34.3. The Labute approximate surface area is 292 Å². The lowest BCUT2D eigenvalue weighted by molar-refractivity contribution is 0.0919. The molecule has 0 spiro atoms. The molecule has 2 amide bonds. The molecule has 3 aliphatic rings. The van der Waals surface area contributed by atoms with E-state index < -0.39 is 17.8 Å². The Hall–Kier alpha value is -3.71. The van der Waals surface area contributed by atoms with Gasteiger partial charge in [0.2, 0.25) is 5.88 Å². The molecule has 4 N–H and O–H groups in total. The lowest BCUT2D eigenvalue weighted by Gasteiger charge is -2.36. The first-order chi connectivity index (χ1) is 23.7. The number of carbonyl (C=O) groups is 2. The van der Waals surface area contributed by atoms with Gasteiger partial charge in [0.05, 0.1) is 6.20 Å². The molecule has 6 rings (SSSR count). The van der Waals surface area contributed by atoms with Crippen molar-refractivity contribution < 1.29 is 23.8 Å². The first-order valence-corrected chi connectivity index (χ1v) is 18.5. The highest BCUT2D eigenvalue weighted by Crippen LogP contribution is 2.32. The van der Waals surface area contributed by atoms with E-state index in [0.29, 0.717) is 43.5 Å². The minimum Gasteiger partial charge on any atom is -0.465 e. The summed E-state index contributed by atoms with van der Waals surface area (Å²) in [6, 6.07) is 16.3. The average Bonchev–Trinajstić information content (AvgIpc) is 3.06. The van der Waals surface area contributed by atoms with Crippen LogP contribution in [0.3, 0.4) is 0 Å². The van der Waals surface area contributed by atoms with E-state index >= 15 is 0 Å². The zero-order valence-corrected chi connectivity index (χ0v) is 29.1. The smallest absolute Gasteiger partial charge is 0.404 e. The summed E-state index contributed by atoms with van der Waals surface area (Å²) >= 11 is 2.00. The van der Waals surface area contributed by atoms with Gasteiger partial charge >= 0.3 is 6.09 Å². The summed E-state index contributed by atoms with van der Waals surface area (Å²) in [5.41, 5.74) is 4.71. The van der Waals surface area contributed by atoms with Crippen LogP contribution in [0.4, 0.5) is 9.18 Å². The van der Waals surface area contributed by atoms with Crippen LogP contribution in [-0.2, 0) is 13.1 Å². The molecular formula is C37H47FN6O4S. The van der Waals surface area contributed by atoms with E-state index in [1.54, 1.807) is 0 Å². The molecule has 3 aromatic rings. The highest BCUT2D eigenvalue weighted by molar-refractivity contribution is 7.99. The monoisotopic (exact) mass is 690 g/mol. The summed E-state index contributed by atoms with van der Waals surface area (Å²) in [4.78, 5) is 33.5. The normalized spacial score (nSPS) is 23.5. The van der Waals surface area contributed by atoms with E-state index in [4.69, 9.17) is 9.84 Å². The van der Waals surface area contributed by atoms with Crippen LogP contribution in [0.25, 0.3) is 11.1 Å². The number of carbonyl (C=O) groups excluding carboxylic acids is 1. The number of thioether (sulfide) groups is 1. The second-order valence-corrected chi connectivity index (χ2v) is 14.9. The van der Waals surface area contributed by atoms with Crippen molar-refractivity contribution in [2.45, 2.75) is 76.8 Å². The number of carboxylic acid groups (broad SMARTS) is 1. The van der Waals surface area contributed by atoms with Crippen LogP contribution in [0.2, 0.25) is 0 Å². The van der Waals surface area contributed by atoms with Gasteiger partial charge in [0.1, 0.15) is 17.1 Å². The van der Waals surface area contributed by atoms with Gasteiger partial charge in [-0.2, -0.15) is 11.8 Å². The summed E-state index contributed by atoms with van der Waals surface area (Å²) in [7, 11) is 0. The Morgan fingerprint density at radius 3 is 2.39 bits per heavy atom. The van der Waals surface area contributed by atoms with Gasteiger partial charge < -0.3 is 25.8 Å². The van der Waals surface area contributed by atoms with E-state index in [1.807, 2.05) is 30.0 Å². The predicted molar refractivity (Wildman–Crippen MR) is 191 cm³/mol. The number of benzene rings is 2. The van der Waals surface area contributed by atoms with Gasteiger partial charge in [0.15, 0.2) is 0 Å². The third-order valence-corrected chi connectivity index (χ3v) is 10.5. The van der Waals surface area contributed by atoms with Crippen molar-refractivity contribution in [3.63, 3.8) is 0 Å². The number of hydrogen-bond acceptors (Lipinski definition) is 8. The van der Waals surface area contributed by atoms with Crippen LogP contribution in [0, 0.1) is 5.82 Å². The number of hydrogen-bond donors (Lipinski definition) is 4. The molecule has 0 radical (unpaired) electrons. The van der Waals surface area contributed by atoms with Crippen molar-refractivity contribution in [1.82, 2.24) is 30.7 Å². The lowest BCUT2D eigenvalue weighted by Crippen LogP contribution is -2.53. The molecule has 3 heterocycles. The number of pyridine rings is 1. The van der Waals surface area contributed by atoms with Gasteiger partial charge in [-0.3, -0.25) is 14.6 Å². The Morgan fingerprint density at radius 1 is 0.959 bits per heavy atom. The van der Waals surface area contributed by atoms with Crippen molar-refractivity contribution in [1.29, 1.82) is 0 Å². The van der Waals surface area contributed by atoms with E-state index in [1.165, 1.54) is 11.1 Å². The zero-order valence-electron chi connectivity index (χ0n) is 28.3. The van der Waals surface area contributed by atoms with E-state index in [2.05, 4.69) is 68.8 Å². The maximum Gasteiger partial charge on any atom is 0.404 e. The lowest BCUT2D eigenvalue weighted by atomic mass is 9.91. The summed E-state index contributed by atoms with van der Waals surface area (Å²) in [6.07, 6.45) is 2.46. The quantitative estimate of drug-likeness (QED) is 0.212. The number of halogens is 1. The summed E-state index contributed by atoms with van der Waals surface area (Å²) < 4.78 is 20.6. The fourth-order valence-corrected chi connectivity index (χ4v) is 8.29. The molecule has 0 bridgehead atoms. The Bertz CT molecular complexity index is 1600. The molecule has 262 valence electrons. The fraction of sp³-hybridized carbons (Fsp3) is 0.486. The maximum atomic E-state index is 14.4. The molecule has 1 saturated carbocycles. The highest BCUT2D eigenvalue weighted by Gasteiger charge is 2.26. The predicted octanol–water partition coefficient (Wildman–Crippen LogP) is 5.72. The fourth-order valence-electron chi connectivity index (χ4n) is 7.31. The number of amides is 2. The molecule has 10 nitrogen and oxygen atoms in total. The van der Waals surface area contributed by atoms with Gasteiger partial charge in [-0.25, -0.2) is 14.2 Å². The molecule has 2 aromatic carbocycles. The SMILES string of the molecule is C[C@@H]1CN(Cc2ccc(-c3cccc(Oc4ncc(F)cc4C(=O)N[C@H]4CC[C@H](NC(=O)O)CC4)c3)c(CN3CCSCC3)c2)C[C@H](C)N1. The maximum absolute atomic E-state index is 14.4. The van der Waals surface area contributed by atoms with Crippen molar-refractivity contribution in [2.24, 2.45) is 0 Å². The summed E-state index contributed by atoms with van der Waals surface area (Å²) in [5, 5.41) is 18.1. The first-order valence-electron chi connectivity index (χ1n) is 17.3. The first kappa shape index (κ1) is 35.1. The van der Waals surface area contributed by atoms with Crippen molar-refractivity contribution in [3.05, 3.63) is 77.2 Å². The molecule has 2 aliphatic heterocycles. The molecule has 49 heavy (non-hydrogen) atoms. The number of nitrogens with one attached hydrogen (secondary N) is 3. The molecular weight excluding hydrogens is 644 g/mol. The largest absolute Gasteiger partial charge is 0.465 e. The van der Waals surface area contributed by atoms with Crippen LogP contribution in [0.5, 0.6) is 11.6 Å². The van der Waals surface area contributed by atoms with Gasteiger partial charge in [0.25, 0.3) is 5.91 Å². The minimum atomic E-state index is -1.05. The molecule has 0 unspecified atom stereocenters. The number of piperazine rings is 1. The number of rotatable bonds is 10. The molecule has 1 aromatic heterocycles. The van der Waals surface area contributed by atoms with E-state index in [9.17, 15) is 14.0 Å². The minimum absolute atomic E-state index is 0.0146. The summed E-state index contributed by atoms with van der Waals surface area (Å²) in [6.45, 7) is 10.4. The second kappa shape index (κ2) is 16.3. The standard InChI is InChI=1S/C37H47FN6O4S/c1-24-20-44(21-25(2)40-24)22-26-6-11-33(28(16-26)23-43-12-14-49-15-13-43)27-4-3-5-32(17-27)48-36-34(18-29(38)19-39-36)35(45)41-30-7-9-31(10-8-30)42-37(46)47/h3-6,11,16-19,24-25,30-31,40,42H,7-10,12-15,20-23H2,1-2H3,(H,41,45)(H,46,47)/t24-,25+,30-,31-. The van der Waals surface area contributed by atoms with E-state index in [-0.39, 0.29) is 23.5 Å². The van der Waals surface area contributed by atoms with Gasteiger partial charge in [0, 0.05) is 74.9 Å². The van der Waals surface area contributed by atoms with Crippen molar-refractivity contribution >= 4 is 23.8 Å². The molecule has 3 fully saturated rings. The third-order valence-electron chi connectivity index (χ3n) is 9.52. The molecule has 1 aliphatic carbocycles.